The summed E-state index contributed by atoms with van der Waals surface area (Å²) in [7, 11) is 0. The van der Waals surface area contributed by atoms with Gasteiger partial charge in [0.15, 0.2) is 22.7 Å². The quantitative estimate of drug-likeness (QED) is 0.109. The maximum absolute atomic E-state index is 14.2. The predicted molar refractivity (Wildman–Crippen MR) is 230 cm³/mol. The number of carbonyl (C=O) groups excluding carboxylic acids is 1. The van der Waals surface area contributed by atoms with Crippen molar-refractivity contribution in [3.8, 4) is 34.4 Å². The molecule has 304 valence electrons. The van der Waals surface area contributed by atoms with Crippen LogP contribution in [0, 0.1) is 18.3 Å². The lowest BCUT2D eigenvalue weighted by atomic mass is 9.92. The van der Waals surface area contributed by atoms with Crippen molar-refractivity contribution in [2.45, 2.75) is 57.6 Å². The molecule has 0 saturated heterocycles. The first kappa shape index (κ1) is 40.7. The topological polar surface area (TPSA) is 160 Å². The molecule has 0 radical (unpaired) electrons. The van der Waals surface area contributed by atoms with Crippen LogP contribution < -0.4 is 25.3 Å². The summed E-state index contributed by atoms with van der Waals surface area (Å²) in [6.07, 6.45) is 0.0571. The third-order valence-electron chi connectivity index (χ3n) is 10.7. The molecule has 0 fully saturated rings. The standard InChI is InChI=1S/C46H39Cl2N5O6S/c1-26-43(60-46(50)51-26)23-53-22-34-20-41-40(58-25-42(59-41)32-11-13-35(14-12-32)57-24-29-6-15-36(47)37(48)16-29)19-33(34)18-39(53)44(54)52-38(45(55)56)17-27-2-7-30(8-3-27)31-9-4-28(21-49)5-10-31/h2-16,19-20,38-39,42H,17-18,22-25H2,1H3,(H2,50,51)(H,52,54)(H,55,56). The molecule has 8 rings (SSSR count). The number of carboxylic acids is 1. The monoisotopic (exact) mass is 859 g/mol. The molecular formula is C46H39Cl2N5O6S. The molecule has 14 heteroatoms. The zero-order valence-electron chi connectivity index (χ0n) is 32.4. The van der Waals surface area contributed by atoms with E-state index in [2.05, 4.69) is 16.4 Å². The number of ether oxygens (including phenoxy) is 3. The number of halogens is 2. The van der Waals surface area contributed by atoms with Crippen molar-refractivity contribution in [2.24, 2.45) is 0 Å². The molecule has 60 heavy (non-hydrogen) atoms. The molecule has 5 aromatic carbocycles. The van der Waals surface area contributed by atoms with Gasteiger partial charge in [-0.05, 0) is 101 Å². The fraction of sp³-hybridized carbons (Fsp3) is 0.217. The van der Waals surface area contributed by atoms with E-state index in [9.17, 15) is 14.7 Å². The summed E-state index contributed by atoms with van der Waals surface area (Å²) in [5.74, 6) is 0.349. The molecule has 0 aliphatic carbocycles. The summed E-state index contributed by atoms with van der Waals surface area (Å²) in [6.45, 7) is 3.30. The first-order chi connectivity index (χ1) is 29.0. The lowest BCUT2D eigenvalue weighted by Gasteiger charge is -2.37. The molecular weight excluding hydrogens is 822 g/mol. The average molecular weight is 861 g/mol. The van der Waals surface area contributed by atoms with Gasteiger partial charge in [-0.15, -0.1) is 11.3 Å². The number of rotatable bonds is 12. The Bertz CT molecular complexity index is 2600. The van der Waals surface area contributed by atoms with Crippen LogP contribution in [-0.4, -0.2) is 45.6 Å². The van der Waals surface area contributed by atoms with Crippen LogP contribution in [0.2, 0.25) is 10.0 Å². The van der Waals surface area contributed by atoms with E-state index in [1.807, 2.05) is 90.7 Å². The second-order valence-electron chi connectivity index (χ2n) is 14.8. The van der Waals surface area contributed by atoms with E-state index in [1.54, 1.807) is 24.3 Å². The fourth-order valence-corrected chi connectivity index (χ4v) is 8.60. The van der Waals surface area contributed by atoms with Gasteiger partial charge in [0.05, 0.1) is 33.4 Å². The van der Waals surface area contributed by atoms with Crippen LogP contribution in [0.25, 0.3) is 11.1 Å². The second-order valence-corrected chi connectivity index (χ2v) is 16.7. The Morgan fingerprint density at radius 2 is 1.67 bits per heavy atom. The third kappa shape index (κ3) is 9.20. The van der Waals surface area contributed by atoms with E-state index in [-0.39, 0.29) is 19.1 Å². The summed E-state index contributed by atoms with van der Waals surface area (Å²) in [6, 6.07) is 32.0. The number of benzene rings is 5. The Morgan fingerprint density at radius 3 is 2.33 bits per heavy atom. The number of thiazole rings is 1. The van der Waals surface area contributed by atoms with Crippen LogP contribution in [0.4, 0.5) is 5.13 Å². The highest BCUT2D eigenvalue weighted by Gasteiger charge is 2.36. The third-order valence-corrected chi connectivity index (χ3v) is 12.4. The SMILES string of the molecule is Cc1nc(N)sc1CN1Cc2cc3c(cc2CC1C(=O)NC(Cc1ccc(-c2ccc(C#N)cc2)cc1)C(=O)O)OCC(c1ccc(OCc2ccc(Cl)c(Cl)c2)cc1)O3. The van der Waals surface area contributed by atoms with Crippen molar-refractivity contribution in [1.82, 2.24) is 15.2 Å². The maximum atomic E-state index is 14.2. The van der Waals surface area contributed by atoms with Crippen LogP contribution in [-0.2, 0) is 42.1 Å². The van der Waals surface area contributed by atoms with Crippen LogP contribution in [0.3, 0.4) is 0 Å². The lowest BCUT2D eigenvalue weighted by molar-refractivity contribution is -0.142. The van der Waals surface area contributed by atoms with Crippen LogP contribution in [0.15, 0.2) is 103 Å². The number of hydrogen-bond acceptors (Lipinski definition) is 10. The largest absolute Gasteiger partial charge is 0.489 e. The number of nitrogens with two attached hydrogens (primary N) is 1. The number of anilines is 1. The maximum Gasteiger partial charge on any atom is 0.326 e. The highest BCUT2D eigenvalue weighted by Crippen LogP contribution is 2.41. The van der Waals surface area contributed by atoms with E-state index < -0.39 is 24.0 Å². The average Bonchev–Trinajstić information content (AvgIpc) is 3.58. The number of amides is 1. The van der Waals surface area contributed by atoms with Crippen LogP contribution in [0.1, 0.15) is 50.1 Å². The zero-order valence-corrected chi connectivity index (χ0v) is 34.7. The minimum Gasteiger partial charge on any atom is -0.489 e. The van der Waals surface area contributed by atoms with E-state index in [0.29, 0.717) is 64.1 Å². The van der Waals surface area contributed by atoms with E-state index in [4.69, 9.17) is 48.4 Å². The van der Waals surface area contributed by atoms with Crippen molar-refractivity contribution in [1.29, 1.82) is 5.26 Å². The molecule has 3 atom stereocenters. The summed E-state index contributed by atoms with van der Waals surface area (Å²) >= 11 is 13.6. The number of nitriles is 1. The minimum atomic E-state index is -1.16. The first-order valence-electron chi connectivity index (χ1n) is 19.2. The van der Waals surface area contributed by atoms with Gasteiger partial charge in [0.2, 0.25) is 5.91 Å². The molecule has 3 heterocycles. The molecule has 3 unspecified atom stereocenters. The Kier molecular flexibility index (Phi) is 12.0. The normalized spacial score (nSPS) is 16.3. The second kappa shape index (κ2) is 17.6. The Balaban J connectivity index is 0.967. The zero-order chi connectivity index (χ0) is 41.9. The summed E-state index contributed by atoms with van der Waals surface area (Å²) in [4.78, 5) is 34.1. The van der Waals surface area contributed by atoms with Crippen LogP contribution >= 0.6 is 34.5 Å². The van der Waals surface area contributed by atoms with Crippen molar-refractivity contribution in [3.05, 3.63) is 157 Å². The van der Waals surface area contributed by atoms with Gasteiger partial charge in [-0.25, -0.2) is 9.78 Å². The smallest absolute Gasteiger partial charge is 0.326 e. The molecule has 2 aliphatic heterocycles. The van der Waals surface area contributed by atoms with Gasteiger partial charge in [-0.3, -0.25) is 9.69 Å². The van der Waals surface area contributed by atoms with Gasteiger partial charge in [0, 0.05) is 24.4 Å². The number of aryl methyl sites for hydroxylation is 1. The number of hydrogen-bond donors (Lipinski definition) is 3. The van der Waals surface area contributed by atoms with Crippen molar-refractivity contribution in [3.63, 3.8) is 0 Å². The van der Waals surface area contributed by atoms with Gasteiger partial charge < -0.3 is 30.4 Å². The predicted octanol–water partition coefficient (Wildman–Crippen LogP) is 8.71. The lowest BCUT2D eigenvalue weighted by Crippen LogP contribution is -2.54. The van der Waals surface area contributed by atoms with Crippen molar-refractivity contribution >= 4 is 51.5 Å². The molecule has 0 bridgehead atoms. The van der Waals surface area contributed by atoms with Gasteiger partial charge >= 0.3 is 5.97 Å². The molecule has 4 N–H and O–H groups in total. The van der Waals surface area contributed by atoms with Crippen molar-refractivity contribution in [2.75, 3.05) is 12.3 Å². The fourth-order valence-electron chi connectivity index (χ4n) is 7.42. The number of nitrogens with one attached hydrogen (secondary N) is 1. The molecule has 2 aliphatic rings. The summed E-state index contributed by atoms with van der Waals surface area (Å²) < 4.78 is 18.7. The van der Waals surface area contributed by atoms with E-state index >= 15 is 0 Å². The number of carbonyl (C=O) groups is 2. The minimum absolute atomic E-state index is 0.0941. The van der Waals surface area contributed by atoms with E-state index in [0.717, 1.165) is 49.5 Å². The highest BCUT2D eigenvalue weighted by atomic mass is 35.5. The number of fused-ring (bicyclic) bond motifs is 2. The number of nitrogens with zero attached hydrogens (tertiary/aromatic N) is 3. The molecule has 0 spiro atoms. The van der Waals surface area contributed by atoms with Gasteiger partial charge in [-0.1, -0.05) is 77.8 Å². The molecule has 0 saturated carbocycles. The number of nitrogen functional groups attached to an aromatic ring is 1. The number of aromatic nitrogens is 1. The number of carboxylic acid groups (broad SMARTS) is 1. The molecule has 1 aromatic heterocycles. The van der Waals surface area contributed by atoms with Gasteiger partial charge in [0.1, 0.15) is 25.0 Å². The van der Waals surface area contributed by atoms with Crippen molar-refractivity contribution < 1.29 is 28.9 Å². The van der Waals surface area contributed by atoms with E-state index in [1.165, 1.54) is 11.3 Å². The first-order valence-corrected chi connectivity index (χ1v) is 20.8. The molecule has 11 nitrogen and oxygen atoms in total. The Labute approximate surface area is 360 Å². The summed E-state index contributed by atoms with van der Waals surface area (Å²) in [5, 5.41) is 23.7. The summed E-state index contributed by atoms with van der Waals surface area (Å²) in [5.41, 5.74) is 13.8. The van der Waals surface area contributed by atoms with Crippen LogP contribution in [0.5, 0.6) is 17.2 Å². The molecule has 6 aromatic rings. The Morgan fingerprint density at radius 1 is 0.967 bits per heavy atom. The highest BCUT2D eigenvalue weighted by molar-refractivity contribution is 7.15. The van der Waals surface area contributed by atoms with Gasteiger partial charge in [0.25, 0.3) is 0 Å². The van der Waals surface area contributed by atoms with Gasteiger partial charge in [-0.2, -0.15) is 5.26 Å². The number of aliphatic carboxylic acids is 1. The Hall–Kier alpha value is -6.10. The molecule has 1 amide bonds.